The highest BCUT2D eigenvalue weighted by molar-refractivity contribution is 6.30. The van der Waals surface area contributed by atoms with Crippen LogP contribution < -0.4 is 24.6 Å². The van der Waals surface area contributed by atoms with Gasteiger partial charge in [0, 0.05) is 42.1 Å². The Morgan fingerprint density at radius 1 is 1.06 bits per heavy atom. The monoisotopic (exact) mass is 479 g/mol. The van der Waals surface area contributed by atoms with E-state index in [1.54, 1.807) is 12.0 Å². The molecule has 34 heavy (non-hydrogen) atoms. The standard InChI is InChI=1S/C27H30ClN3O3/c1-6-17(2)34-25-15-22-23(16-24(25)33-5)29-27(32)31(21-13-11-20(12-14-21)30(3)4)26(22)18-7-9-19(28)10-8-18/h7-17,26H,6H2,1-5H3,(H,29,32). The lowest BCUT2D eigenvalue weighted by Crippen LogP contribution is -2.43. The SMILES string of the molecule is CCC(C)Oc1cc2c(cc1OC)NC(=O)N(c1ccc(N(C)C)cc1)C2c1ccc(Cl)cc1. The number of ether oxygens (including phenoxy) is 2. The van der Waals surface area contributed by atoms with Crippen LogP contribution in [0.5, 0.6) is 11.5 Å². The number of rotatable bonds is 7. The first-order valence-electron chi connectivity index (χ1n) is 11.3. The number of anilines is 3. The molecule has 4 rings (SSSR count). The van der Waals surface area contributed by atoms with Gasteiger partial charge in [0.25, 0.3) is 0 Å². The van der Waals surface area contributed by atoms with E-state index in [0.29, 0.717) is 22.2 Å². The minimum atomic E-state index is -0.378. The largest absolute Gasteiger partial charge is 0.493 e. The van der Waals surface area contributed by atoms with Crippen molar-refractivity contribution in [2.45, 2.75) is 32.4 Å². The molecule has 2 atom stereocenters. The summed E-state index contributed by atoms with van der Waals surface area (Å²) in [6.07, 6.45) is 0.885. The summed E-state index contributed by atoms with van der Waals surface area (Å²) >= 11 is 6.18. The number of fused-ring (bicyclic) bond motifs is 1. The molecule has 1 aliphatic heterocycles. The van der Waals surface area contributed by atoms with Crippen LogP contribution in [-0.4, -0.2) is 33.3 Å². The first-order chi connectivity index (χ1) is 16.3. The summed E-state index contributed by atoms with van der Waals surface area (Å²) in [5, 5.41) is 3.68. The highest BCUT2D eigenvalue weighted by atomic mass is 35.5. The van der Waals surface area contributed by atoms with Crippen LogP contribution in [0.2, 0.25) is 5.02 Å². The lowest BCUT2D eigenvalue weighted by molar-refractivity contribution is 0.207. The van der Waals surface area contributed by atoms with Crippen molar-refractivity contribution in [1.29, 1.82) is 0 Å². The molecule has 3 aromatic carbocycles. The second kappa shape index (κ2) is 9.85. The van der Waals surface area contributed by atoms with E-state index in [0.717, 1.165) is 28.9 Å². The molecule has 3 aromatic rings. The normalized spacial score (nSPS) is 15.9. The summed E-state index contributed by atoms with van der Waals surface area (Å²) in [4.78, 5) is 17.2. The molecule has 2 amide bonds. The highest BCUT2D eigenvalue weighted by Crippen LogP contribution is 2.45. The maximum atomic E-state index is 13.4. The number of nitrogens with one attached hydrogen (secondary N) is 1. The fourth-order valence-electron chi connectivity index (χ4n) is 4.05. The van der Waals surface area contributed by atoms with E-state index in [9.17, 15) is 4.79 Å². The second-order valence-electron chi connectivity index (χ2n) is 8.59. The molecule has 0 radical (unpaired) electrons. The Bertz CT molecular complexity index is 1160. The van der Waals surface area contributed by atoms with E-state index in [2.05, 4.69) is 12.2 Å². The van der Waals surface area contributed by atoms with Crippen LogP contribution in [-0.2, 0) is 0 Å². The third kappa shape index (κ3) is 4.64. The van der Waals surface area contributed by atoms with Gasteiger partial charge in [-0.25, -0.2) is 4.79 Å². The number of carbonyl (C=O) groups is 1. The van der Waals surface area contributed by atoms with Gasteiger partial charge in [-0.2, -0.15) is 0 Å². The smallest absolute Gasteiger partial charge is 0.327 e. The highest BCUT2D eigenvalue weighted by Gasteiger charge is 2.36. The van der Waals surface area contributed by atoms with Crippen LogP contribution in [0.25, 0.3) is 0 Å². The van der Waals surface area contributed by atoms with Gasteiger partial charge in [0.2, 0.25) is 0 Å². The van der Waals surface area contributed by atoms with Gasteiger partial charge in [-0.1, -0.05) is 30.7 Å². The van der Waals surface area contributed by atoms with Crippen molar-refractivity contribution in [1.82, 2.24) is 0 Å². The zero-order valence-electron chi connectivity index (χ0n) is 20.1. The molecule has 6 nitrogen and oxygen atoms in total. The molecule has 0 saturated heterocycles. The second-order valence-corrected chi connectivity index (χ2v) is 9.03. The Hall–Kier alpha value is -3.38. The molecular formula is C27H30ClN3O3. The zero-order valence-corrected chi connectivity index (χ0v) is 20.9. The predicted octanol–water partition coefficient (Wildman–Crippen LogP) is 6.73. The van der Waals surface area contributed by atoms with E-state index in [1.807, 2.05) is 86.6 Å². The van der Waals surface area contributed by atoms with E-state index < -0.39 is 0 Å². The average molecular weight is 480 g/mol. The van der Waals surface area contributed by atoms with Gasteiger partial charge in [0.15, 0.2) is 11.5 Å². The summed E-state index contributed by atoms with van der Waals surface area (Å²) in [7, 11) is 5.58. The minimum absolute atomic E-state index is 0.0220. The van der Waals surface area contributed by atoms with Crippen molar-refractivity contribution < 1.29 is 14.3 Å². The predicted molar refractivity (Wildman–Crippen MR) is 139 cm³/mol. The van der Waals surface area contributed by atoms with Crippen LogP contribution in [0.4, 0.5) is 21.9 Å². The van der Waals surface area contributed by atoms with Crippen LogP contribution in [0, 0.1) is 0 Å². The minimum Gasteiger partial charge on any atom is -0.493 e. The molecule has 0 aliphatic carbocycles. The summed E-state index contributed by atoms with van der Waals surface area (Å²) in [5.41, 5.74) is 4.39. The third-order valence-electron chi connectivity index (χ3n) is 6.08. The van der Waals surface area contributed by atoms with Crippen LogP contribution in [0.1, 0.15) is 37.4 Å². The number of nitrogens with zero attached hydrogens (tertiary/aromatic N) is 2. The summed E-state index contributed by atoms with van der Waals surface area (Å²) in [6, 6.07) is 18.7. The molecule has 0 bridgehead atoms. The molecule has 1 aliphatic rings. The Morgan fingerprint density at radius 2 is 1.74 bits per heavy atom. The maximum Gasteiger partial charge on any atom is 0.327 e. The van der Waals surface area contributed by atoms with E-state index in [4.69, 9.17) is 21.1 Å². The van der Waals surface area contributed by atoms with Crippen molar-refractivity contribution in [3.63, 3.8) is 0 Å². The Kier molecular flexibility index (Phi) is 6.89. The summed E-state index contributed by atoms with van der Waals surface area (Å²) in [6.45, 7) is 4.10. The fourth-order valence-corrected chi connectivity index (χ4v) is 4.17. The maximum absolute atomic E-state index is 13.4. The van der Waals surface area contributed by atoms with Gasteiger partial charge in [-0.05, 0) is 61.4 Å². The van der Waals surface area contributed by atoms with Crippen LogP contribution in [0.3, 0.4) is 0 Å². The number of halogens is 1. The number of methoxy groups -OCH3 is 1. The first-order valence-corrected chi connectivity index (χ1v) is 11.7. The van der Waals surface area contributed by atoms with Gasteiger partial charge in [-0.15, -0.1) is 0 Å². The van der Waals surface area contributed by atoms with Crippen LogP contribution >= 0.6 is 11.6 Å². The van der Waals surface area contributed by atoms with E-state index >= 15 is 0 Å². The number of urea groups is 1. The number of benzene rings is 3. The van der Waals surface area contributed by atoms with E-state index in [-0.39, 0.29) is 18.2 Å². The zero-order chi connectivity index (χ0) is 24.4. The van der Waals surface area contributed by atoms with Gasteiger partial charge >= 0.3 is 6.03 Å². The van der Waals surface area contributed by atoms with Gasteiger partial charge in [-0.3, -0.25) is 4.90 Å². The molecule has 1 N–H and O–H groups in total. The number of amides is 2. The van der Waals surface area contributed by atoms with Crippen molar-refractivity contribution >= 4 is 34.7 Å². The Balaban J connectivity index is 1.88. The quantitative estimate of drug-likeness (QED) is 0.408. The fraction of sp³-hybridized carbons (Fsp3) is 0.296. The topological polar surface area (TPSA) is 54.0 Å². The summed E-state index contributed by atoms with van der Waals surface area (Å²) in [5.74, 6) is 1.23. The van der Waals surface area contributed by atoms with Gasteiger partial charge < -0.3 is 19.7 Å². The molecule has 1 heterocycles. The van der Waals surface area contributed by atoms with Gasteiger partial charge in [0.05, 0.1) is 24.9 Å². The van der Waals surface area contributed by atoms with Gasteiger partial charge in [0.1, 0.15) is 0 Å². The van der Waals surface area contributed by atoms with Crippen LogP contribution in [0.15, 0.2) is 60.7 Å². The van der Waals surface area contributed by atoms with Crippen molar-refractivity contribution in [2.24, 2.45) is 0 Å². The summed E-state index contributed by atoms with van der Waals surface area (Å²) < 4.78 is 11.8. The number of hydrogen-bond donors (Lipinski definition) is 1. The molecule has 0 spiro atoms. The Morgan fingerprint density at radius 3 is 2.32 bits per heavy atom. The lowest BCUT2D eigenvalue weighted by atomic mass is 9.92. The first kappa shape index (κ1) is 23.8. The average Bonchev–Trinajstić information content (AvgIpc) is 2.83. The lowest BCUT2D eigenvalue weighted by Gasteiger charge is -2.38. The number of hydrogen-bond acceptors (Lipinski definition) is 4. The van der Waals surface area contributed by atoms with Crippen molar-refractivity contribution in [3.05, 3.63) is 76.8 Å². The van der Waals surface area contributed by atoms with Crippen molar-refractivity contribution in [2.75, 3.05) is 36.3 Å². The molecular weight excluding hydrogens is 450 g/mol. The molecule has 7 heteroatoms. The molecule has 0 fully saturated rings. The Labute approximate surface area is 206 Å². The molecule has 0 saturated carbocycles. The molecule has 0 aromatic heterocycles. The van der Waals surface area contributed by atoms with E-state index in [1.165, 1.54) is 0 Å². The molecule has 2 unspecified atom stereocenters. The number of carbonyl (C=O) groups excluding carboxylic acids is 1. The van der Waals surface area contributed by atoms with Crippen molar-refractivity contribution in [3.8, 4) is 11.5 Å². The molecule has 178 valence electrons. The third-order valence-corrected chi connectivity index (χ3v) is 6.33.